The second-order valence-corrected chi connectivity index (χ2v) is 6.34. The second kappa shape index (κ2) is 10.4. The summed E-state index contributed by atoms with van der Waals surface area (Å²) in [6.45, 7) is 6.93. The molecule has 0 saturated carbocycles. The number of hydrogen-bond donors (Lipinski definition) is 1. The van der Waals surface area contributed by atoms with Crippen LogP contribution < -0.4 is 19.5 Å². The summed E-state index contributed by atoms with van der Waals surface area (Å²) in [7, 11) is 3.09. The molecule has 2 aromatic rings. The lowest BCUT2D eigenvalue weighted by Crippen LogP contribution is -2.34. The van der Waals surface area contributed by atoms with Crippen molar-refractivity contribution in [1.82, 2.24) is 4.90 Å². The molecule has 0 spiro atoms. The van der Waals surface area contributed by atoms with Crippen LogP contribution in [0.5, 0.6) is 17.2 Å². The van der Waals surface area contributed by atoms with Crippen LogP contribution >= 0.6 is 0 Å². The van der Waals surface area contributed by atoms with Crippen LogP contribution in [0, 0.1) is 6.92 Å². The third-order valence-electron chi connectivity index (χ3n) is 4.58. The average molecular weight is 400 g/mol. The van der Waals surface area contributed by atoms with E-state index in [0.717, 1.165) is 5.56 Å². The summed E-state index contributed by atoms with van der Waals surface area (Å²) in [6, 6.07) is 10.2. The number of nitrogens with one attached hydrogen (secondary N) is 1. The van der Waals surface area contributed by atoms with Crippen LogP contribution in [0.25, 0.3) is 0 Å². The van der Waals surface area contributed by atoms with Crippen molar-refractivity contribution in [2.75, 3.05) is 39.2 Å². The zero-order chi connectivity index (χ0) is 21.4. The number of methoxy groups -OCH3 is 2. The molecule has 0 aliphatic carbocycles. The summed E-state index contributed by atoms with van der Waals surface area (Å²) < 4.78 is 16.2. The molecule has 0 unspecified atom stereocenters. The topological polar surface area (TPSA) is 77.1 Å². The van der Waals surface area contributed by atoms with Gasteiger partial charge in [-0.15, -0.1) is 0 Å². The van der Waals surface area contributed by atoms with Gasteiger partial charge >= 0.3 is 0 Å². The summed E-state index contributed by atoms with van der Waals surface area (Å²) in [4.78, 5) is 26.5. The predicted molar refractivity (Wildman–Crippen MR) is 112 cm³/mol. The summed E-state index contributed by atoms with van der Waals surface area (Å²) in [5.74, 6) is 1.26. The van der Waals surface area contributed by atoms with Gasteiger partial charge in [-0.05, 0) is 45.0 Å². The molecule has 29 heavy (non-hydrogen) atoms. The molecule has 2 aromatic carbocycles. The molecule has 7 heteroatoms. The van der Waals surface area contributed by atoms with Gasteiger partial charge in [0.2, 0.25) is 0 Å². The first kappa shape index (κ1) is 22.1. The minimum Gasteiger partial charge on any atom is -0.496 e. The van der Waals surface area contributed by atoms with Gasteiger partial charge < -0.3 is 24.4 Å². The molecular weight excluding hydrogens is 372 g/mol. The van der Waals surface area contributed by atoms with Crippen molar-refractivity contribution in [3.05, 3.63) is 47.5 Å². The van der Waals surface area contributed by atoms with Gasteiger partial charge in [-0.1, -0.05) is 6.07 Å². The number of amides is 2. The Labute approximate surface area is 171 Å². The number of nitrogens with zero attached hydrogens (tertiary/aromatic N) is 1. The molecule has 0 aliphatic rings. The van der Waals surface area contributed by atoms with Crippen LogP contribution in [-0.2, 0) is 4.79 Å². The Kier molecular flexibility index (Phi) is 7.88. The van der Waals surface area contributed by atoms with E-state index >= 15 is 0 Å². The van der Waals surface area contributed by atoms with E-state index in [1.165, 1.54) is 0 Å². The average Bonchev–Trinajstić information content (AvgIpc) is 2.73. The molecule has 1 N–H and O–H groups in total. The quantitative estimate of drug-likeness (QED) is 0.697. The van der Waals surface area contributed by atoms with Crippen molar-refractivity contribution in [3.63, 3.8) is 0 Å². The number of anilines is 1. The highest BCUT2D eigenvalue weighted by Crippen LogP contribution is 2.30. The van der Waals surface area contributed by atoms with Gasteiger partial charge in [-0.25, -0.2) is 0 Å². The van der Waals surface area contributed by atoms with Crippen LogP contribution in [-0.4, -0.2) is 50.6 Å². The third-order valence-corrected chi connectivity index (χ3v) is 4.58. The first-order valence-corrected chi connectivity index (χ1v) is 9.48. The molecule has 0 heterocycles. The van der Waals surface area contributed by atoms with E-state index in [9.17, 15) is 9.59 Å². The Morgan fingerprint density at radius 2 is 1.62 bits per heavy atom. The smallest absolute Gasteiger partial charge is 0.260 e. The van der Waals surface area contributed by atoms with Gasteiger partial charge in [0.05, 0.1) is 14.2 Å². The lowest BCUT2D eigenvalue weighted by Gasteiger charge is -2.18. The molecular formula is C22H28N2O5. The highest BCUT2D eigenvalue weighted by atomic mass is 16.5. The molecule has 0 aliphatic heterocycles. The molecule has 0 atom stereocenters. The van der Waals surface area contributed by atoms with Gasteiger partial charge in [0, 0.05) is 36.0 Å². The molecule has 0 fully saturated rings. The lowest BCUT2D eigenvalue weighted by atomic mass is 10.1. The summed E-state index contributed by atoms with van der Waals surface area (Å²) in [5.41, 5.74) is 1.79. The fourth-order valence-corrected chi connectivity index (χ4v) is 2.90. The molecule has 2 amide bonds. The minimum atomic E-state index is -0.307. The highest BCUT2D eigenvalue weighted by Gasteiger charge is 2.14. The lowest BCUT2D eigenvalue weighted by molar-refractivity contribution is -0.132. The summed E-state index contributed by atoms with van der Waals surface area (Å²) >= 11 is 0. The first-order chi connectivity index (χ1) is 13.9. The summed E-state index contributed by atoms with van der Waals surface area (Å²) in [6.07, 6.45) is 0. The molecule has 7 nitrogen and oxygen atoms in total. The maximum atomic E-state index is 12.7. The fraction of sp³-hybridized carbons (Fsp3) is 0.364. The standard InChI is InChI=1S/C22H28N2O5/c1-6-24(7-2)21(25)14-29-18-10-8-9-17(13-18)23-22(26)16-11-19(27-4)15(3)20(12-16)28-5/h8-13H,6-7,14H2,1-5H3,(H,23,26). The van der Waals surface area contributed by atoms with E-state index in [0.29, 0.717) is 41.6 Å². The Hall–Kier alpha value is -3.22. The monoisotopic (exact) mass is 400 g/mol. The largest absolute Gasteiger partial charge is 0.496 e. The molecule has 0 radical (unpaired) electrons. The number of ether oxygens (including phenoxy) is 3. The zero-order valence-electron chi connectivity index (χ0n) is 17.6. The van der Waals surface area contributed by atoms with Crippen molar-refractivity contribution in [2.45, 2.75) is 20.8 Å². The SMILES string of the molecule is CCN(CC)C(=O)COc1cccc(NC(=O)c2cc(OC)c(C)c(OC)c2)c1. The second-order valence-electron chi connectivity index (χ2n) is 6.34. The highest BCUT2D eigenvalue weighted by molar-refractivity contribution is 6.05. The van der Waals surface area contributed by atoms with Crippen LogP contribution in [0.15, 0.2) is 36.4 Å². The fourth-order valence-electron chi connectivity index (χ4n) is 2.90. The van der Waals surface area contributed by atoms with Crippen LogP contribution in [0.2, 0.25) is 0 Å². The number of carbonyl (C=O) groups is 2. The van der Waals surface area contributed by atoms with Crippen molar-refractivity contribution >= 4 is 17.5 Å². The molecule has 0 aromatic heterocycles. The van der Waals surface area contributed by atoms with Crippen molar-refractivity contribution in [1.29, 1.82) is 0 Å². The Balaban J connectivity index is 2.10. The Morgan fingerprint density at radius 1 is 1.00 bits per heavy atom. The minimum absolute atomic E-state index is 0.0502. The van der Waals surface area contributed by atoms with E-state index in [-0.39, 0.29) is 18.4 Å². The van der Waals surface area contributed by atoms with Gasteiger partial charge in [0.25, 0.3) is 11.8 Å². The van der Waals surface area contributed by atoms with Crippen molar-refractivity contribution in [3.8, 4) is 17.2 Å². The van der Waals surface area contributed by atoms with E-state index in [1.807, 2.05) is 20.8 Å². The number of hydrogen-bond acceptors (Lipinski definition) is 5. The number of likely N-dealkylation sites (N-methyl/N-ethyl adjacent to an activating group) is 1. The van der Waals surface area contributed by atoms with E-state index in [4.69, 9.17) is 14.2 Å². The number of benzene rings is 2. The van der Waals surface area contributed by atoms with Gasteiger partial charge in [-0.3, -0.25) is 9.59 Å². The first-order valence-electron chi connectivity index (χ1n) is 9.48. The van der Waals surface area contributed by atoms with Gasteiger partial charge in [0.15, 0.2) is 6.61 Å². The number of carbonyl (C=O) groups excluding carboxylic acids is 2. The van der Waals surface area contributed by atoms with Gasteiger partial charge in [0.1, 0.15) is 17.2 Å². The number of rotatable bonds is 9. The van der Waals surface area contributed by atoms with E-state index < -0.39 is 0 Å². The molecule has 0 saturated heterocycles. The van der Waals surface area contributed by atoms with Crippen LogP contribution in [0.1, 0.15) is 29.8 Å². The maximum absolute atomic E-state index is 12.7. The van der Waals surface area contributed by atoms with E-state index in [2.05, 4.69) is 5.32 Å². The van der Waals surface area contributed by atoms with Crippen molar-refractivity contribution < 1.29 is 23.8 Å². The van der Waals surface area contributed by atoms with Crippen LogP contribution in [0.3, 0.4) is 0 Å². The Morgan fingerprint density at radius 3 is 2.17 bits per heavy atom. The molecule has 2 rings (SSSR count). The third kappa shape index (κ3) is 5.63. The molecule has 156 valence electrons. The predicted octanol–water partition coefficient (Wildman–Crippen LogP) is 3.51. The zero-order valence-corrected chi connectivity index (χ0v) is 17.6. The van der Waals surface area contributed by atoms with E-state index in [1.54, 1.807) is 55.5 Å². The van der Waals surface area contributed by atoms with Gasteiger partial charge in [-0.2, -0.15) is 0 Å². The van der Waals surface area contributed by atoms with Crippen LogP contribution in [0.4, 0.5) is 5.69 Å². The van der Waals surface area contributed by atoms with Crippen molar-refractivity contribution in [2.24, 2.45) is 0 Å². The summed E-state index contributed by atoms with van der Waals surface area (Å²) in [5, 5.41) is 2.83. The normalized spacial score (nSPS) is 10.2. The molecule has 0 bridgehead atoms. The maximum Gasteiger partial charge on any atom is 0.260 e. The Bertz CT molecular complexity index is 837.